The standard InChI is InChI=1S/C17H13N3OS/c21-16(20-13-8-11-18-12-9-13)15-7-4-10-19-17(15)22-14-5-2-1-3-6-14/h1-12H,(H,18,20,21). The molecule has 0 atom stereocenters. The fourth-order valence-electron chi connectivity index (χ4n) is 1.88. The van der Waals surface area contributed by atoms with E-state index >= 15 is 0 Å². The van der Waals surface area contributed by atoms with Crippen LogP contribution in [0.5, 0.6) is 0 Å². The molecule has 0 bridgehead atoms. The minimum atomic E-state index is -0.183. The van der Waals surface area contributed by atoms with Crippen LogP contribution < -0.4 is 5.32 Å². The number of carbonyl (C=O) groups is 1. The van der Waals surface area contributed by atoms with Crippen LogP contribution in [0.1, 0.15) is 10.4 Å². The number of pyridine rings is 2. The summed E-state index contributed by atoms with van der Waals surface area (Å²) in [6.45, 7) is 0. The Balaban J connectivity index is 1.83. The Kier molecular flexibility index (Phi) is 4.46. The molecule has 2 aromatic heterocycles. The Morgan fingerprint density at radius 1 is 0.909 bits per heavy atom. The van der Waals surface area contributed by atoms with Gasteiger partial charge in [0, 0.05) is 29.2 Å². The molecule has 0 aliphatic heterocycles. The van der Waals surface area contributed by atoms with Crippen LogP contribution in [0.2, 0.25) is 0 Å². The van der Waals surface area contributed by atoms with Crippen LogP contribution in [0, 0.1) is 0 Å². The van der Waals surface area contributed by atoms with Crippen LogP contribution in [0.4, 0.5) is 5.69 Å². The lowest BCUT2D eigenvalue weighted by atomic mass is 10.2. The molecule has 0 radical (unpaired) electrons. The summed E-state index contributed by atoms with van der Waals surface area (Å²) in [6.07, 6.45) is 4.96. The van der Waals surface area contributed by atoms with E-state index in [1.165, 1.54) is 11.8 Å². The zero-order chi connectivity index (χ0) is 15.2. The van der Waals surface area contributed by atoms with Gasteiger partial charge < -0.3 is 5.32 Å². The second kappa shape index (κ2) is 6.87. The molecule has 3 rings (SSSR count). The molecule has 5 heteroatoms. The topological polar surface area (TPSA) is 54.9 Å². The summed E-state index contributed by atoms with van der Waals surface area (Å²) in [5.41, 5.74) is 1.26. The molecule has 108 valence electrons. The monoisotopic (exact) mass is 307 g/mol. The molecule has 0 unspecified atom stereocenters. The van der Waals surface area contributed by atoms with Gasteiger partial charge in [0.15, 0.2) is 0 Å². The van der Waals surface area contributed by atoms with Crippen LogP contribution in [0.3, 0.4) is 0 Å². The first-order valence-electron chi connectivity index (χ1n) is 6.72. The predicted molar refractivity (Wildman–Crippen MR) is 87.0 cm³/mol. The fourth-order valence-corrected chi connectivity index (χ4v) is 2.78. The summed E-state index contributed by atoms with van der Waals surface area (Å²) >= 11 is 1.47. The van der Waals surface area contributed by atoms with E-state index in [9.17, 15) is 4.79 Å². The van der Waals surface area contributed by atoms with Gasteiger partial charge in [0.1, 0.15) is 5.03 Å². The predicted octanol–water partition coefficient (Wildman–Crippen LogP) is 3.88. The van der Waals surface area contributed by atoms with E-state index in [1.54, 1.807) is 42.9 Å². The van der Waals surface area contributed by atoms with E-state index in [4.69, 9.17) is 0 Å². The zero-order valence-corrected chi connectivity index (χ0v) is 12.5. The highest BCUT2D eigenvalue weighted by Gasteiger charge is 2.13. The minimum absolute atomic E-state index is 0.183. The second-order valence-corrected chi connectivity index (χ2v) is 5.52. The third-order valence-corrected chi connectivity index (χ3v) is 3.94. The Morgan fingerprint density at radius 2 is 1.68 bits per heavy atom. The molecular weight excluding hydrogens is 294 g/mol. The highest BCUT2D eigenvalue weighted by atomic mass is 32.2. The van der Waals surface area contributed by atoms with Gasteiger partial charge in [-0.15, -0.1) is 0 Å². The summed E-state index contributed by atoms with van der Waals surface area (Å²) in [6, 6.07) is 16.9. The first kappa shape index (κ1) is 14.3. The molecule has 0 saturated carbocycles. The Labute approximate surface area is 132 Å². The Bertz CT molecular complexity index is 763. The normalized spacial score (nSPS) is 10.2. The van der Waals surface area contributed by atoms with Crippen molar-refractivity contribution in [3.05, 3.63) is 78.8 Å². The maximum atomic E-state index is 12.4. The maximum Gasteiger partial charge on any atom is 0.258 e. The fraction of sp³-hybridized carbons (Fsp3) is 0. The molecular formula is C17H13N3OS. The average Bonchev–Trinajstić information content (AvgIpc) is 2.57. The summed E-state index contributed by atoms with van der Waals surface area (Å²) < 4.78 is 0. The number of benzene rings is 1. The molecule has 0 aliphatic carbocycles. The summed E-state index contributed by atoms with van der Waals surface area (Å²) in [7, 11) is 0. The van der Waals surface area contributed by atoms with Crippen molar-refractivity contribution in [2.75, 3.05) is 5.32 Å². The van der Waals surface area contributed by atoms with Gasteiger partial charge in [0.05, 0.1) is 5.56 Å². The lowest BCUT2D eigenvalue weighted by Crippen LogP contribution is -2.13. The number of carbonyl (C=O) groups excluding carboxylic acids is 1. The van der Waals surface area contributed by atoms with Gasteiger partial charge in [0.2, 0.25) is 0 Å². The van der Waals surface area contributed by atoms with Crippen molar-refractivity contribution in [3.63, 3.8) is 0 Å². The number of nitrogens with zero attached hydrogens (tertiary/aromatic N) is 2. The van der Waals surface area contributed by atoms with Crippen molar-refractivity contribution in [3.8, 4) is 0 Å². The first-order chi connectivity index (χ1) is 10.8. The number of amides is 1. The number of hydrogen-bond donors (Lipinski definition) is 1. The molecule has 0 aliphatic rings. The number of rotatable bonds is 4. The highest BCUT2D eigenvalue weighted by Crippen LogP contribution is 2.28. The van der Waals surface area contributed by atoms with Gasteiger partial charge in [-0.3, -0.25) is 9.78 Å². The second-order valence-electron chi connectivity index (χ2n) is 4.46. The number of hydrogen-bond acceptors (Lipinski definition) is 4. The smallest absolute Gasteiger partial charge is 0.258 e. The van der Waals surface area contributed by atoms with E-state index in [1.807, 2.05) is 30.3 Å². The number of nitrogens with one attached hydrogen (secondary N) is 1. The van der Waals surface area contributed by atoms with Crippen molar-refractivity contribution < 1.29 is 4.79 Å². The van der Waals surface area contributed by atoms with Crippen LogP contribution in [0.15, 0.2) is 83.1 Å². The van der Waals surface area contributed by atoms with E-state index in [0.717, 1.165) is 4.90 Å². The SMILES string of the molecule is O=C(Nc1ccncc1)c1cccnc1Sc1ccccc1. The van der Waals surface area contributed by atoms with Gasteiger partial charge >= 0.3 is 0 Å². The van der Waals surface area contributed by atoms with Crippen molar-refractivity contribution in [1.82, 2.24) is 9.97 Å². The van der Waals surface area contributed by atoms with Crippen molar-refractivity contribution >= 4 is 23.4 Å². The lowest BCUT2D eigenvalue weighted by molar-refractivity contribution is 0.102. The minimum Gasteiger partial charge on any atom is -0.322 e. The summed E-state index contributed by atoms with van der Waals surface area (Å²) in [5, 5.41) is 3.53. The van der Waals surface area contributed by atoms with Gasteiger partial charge in [-0.1, -0.05) is 30.0 Å². The number of aromatic nitrogens is 2. The molecule has 1 N–H and O–H groups in total. The largest absolute Gasteiger partial charge is 0.322 e. The van der Waals surface area contributed by atoms with Gasteiger partial charge in [-0.25, -0.2) is 4.98 Å². The Morgan fingerprint density at radius 3 is 2.45 bits per heavy atom. The third-order valence-electron chi connectivity index (χ3n) is 2.91. The molecule has 0 fully saturated rings. The van der Waals surface area contributed by atoms with Crippen LogP contribution in [-0.4, -0.2) is 15.9 Å². The van der Waals surface area contributed by atoms with Crippen molar-refractivity contribution in [2.24, 2.45) is 0 Å². The average molecular weight is 307 g/mol. The Hall–Kier alpha value is -2.66. The van der Waals surface area contributed by atoms with E-state index in [0.29, 0.717) is 16.3 Å². The van der Waals surface area contributed by atoms with Crippen LogP contribution in [-0.2, 0) is 0 Å². The van der Waals surface area contributed by atoms with Gasteiger partial charge in [-0.05, 0) is 36.4 Å². The zero-order valence-electron chi connectivity index (χ0n) is 11.6. The number of anilines is 1. The first-order valence-corrected chi connectivity index (χ1v) is 7.54. The van der Waals surface area contributed by atoms with Gasteiger partial charge in [-0.2, -0.15) is 0 Å². The van der Waals surface area contributed by atoms with Gasteiger partial charge in [0.25, 0.3) is 5.91 Å². The lowest BCUT2D eigenvalue weighted by Gasteiger charge is -2.08. The van der Waals surface area contributed by atoms with Crippen LogP contribution in [0.25, 0.3) is 0 Å². The van der Waals surface area contributed by atoms with Crippen LogP contribution >= 0.6 is 11.8 Å². The molecule has 3 aromatic rings. The highest BCUT2D eigenvalue weighted by molar-refractivity contribution is 7.99. The van der Waals surface area contributed by atoms with E-state index < -0.39 is 0 Å². The van der Waals surface area contributed by atoms with E-state index in [2.05, 4.69) is 15.3 Å². The molecule has 0 spiro atoms. The molecule has 2 heterocycles. The molecule has 0 saturated heterocycles. The molecule has 22 heavy (non-hydrogen) atoms. The molecule has 1 aromatic carbocycles. The van der Waals surface area contributed by atoms with E-state index in [-0.39, 0.29) is 5.91 Å². The molecule has 4 nitrogen and oxygen atoms in total. The summed E-state index contributed by atoms with van der Waals surface area (Å²) in [5.74, 6) is -0.183. The quantitative estimate of drug-likeness (QED) is 0.794. The van der Waals surface area contributed by atoms with Crippen molar-refractivity contribution in [2.45, 2.75) is 9.92 Å². The maximum absolute atomic E-state index is 12.4. The summed E-state index contributed by atoms with van der Waals surface area (Å²) in [4.78, 5) is 21.7. The van der Waals surface area contributed by atoms with Crippen molar-refractivity contribution in [1.29, 1.82) is 0 Å². The molecule has 1 amide bonds. The third kappa shape index (κ3) is 3.51.